The van der Waals surface area contributed by atoms with Crippen molar-refractivity contribution in [3.63, 3.8) is 0 Å². The molecular weight excluding hydrogens is 380 g/mol. The van der Waals surface area contributed by atoms with Crippen LogP contribution in [0, 0.1) is 0 Å². The fourth-order valence-electron chi connectivity index (χ4n) is 3.57. The van der Waals surface area contributed by atoms with Crippen molar-refractivity contribution in [3.05, 3.63) is 34.7 Å². The van der Waals surface area contributed by atoms with Crippen LogP contribution in [0.25, 0.3) is 6.08 Å². The number of amides is 3. The Bertz CT molecular complexity index is 793. The van der Waals surface area contributed by atoms with Crippen LogP contribution in [-0.2, 0) is 9.59 Å². The van der Waals surface area contributed by atoms with Gasteiger partial charge in [-0.05, 0) is 49.6 Å². The number of piperidine rings is 1. The number of benzene rings is 1. The molecule has 2 aliphatic rings. The van der Waals surface area contributed by atoms with E-state index in [0.29, 0.717) is 24.3 Å². The highest BCUT2D eigenvalue weighted by molar-refractivity contribution is 8.18. The van der Waals surface area contributed by atoms with Gasteiger partial charge in [0.15, 0.2) is 0 Å². The summed E-state index contributed by atoms with van der Waals surface area (Å²) < 4.78 is 5.28. The van der Waals surface area contributed by atoms with E-state index in [1.165, 1.54) is 0 Å². The lowest BCUT2D eigenvalue weighted by atomic mass is 9.99. The zero-order chi connectivity index (χ0) is 20.1. The van der Waals surface area contributed by atoms with E-state index in [4.69, 9.17) is 4.74 Å². The number of nitrogens with zero attached hydrogens (tertiary/aromatic N) is 2. The number of aliphatic hydroxyl groups is 1. The first-order chi connectivity index (χ1) is 13.5. The molecule has 0 spiro atoms. The summed E-state index contributed by atoms with van der Waals surface area (Å²) in [6.07, 6.45) is 4.87. The summed E-state index contributed by atoms with van der Waals surface area (Å²) in [4.78, 5) is 40.8. The van der Waals surface area contributed by atoms with E-state index >= 15 is 0 Å². The maximum Gasteiger partial charge on any atom is 0.294 e. The average molecular weight is 404 g/mol. The van der Waals surface area contributed by atoms with Crippen LogP contribution in [0.5, 0.6) is 5.75 Å². The Morgan fingerprint density at radius 3 is 2.86 bits per heavy atom. The summed E-state index contributed by atoms with van der Waals surface area (Å²) in [6.45, 7) is 0.338. The summed E-state index contributed by atoms with van der Waals surface area (Å²) in [5.74, 6) is -0.116. The lowest BCUT2D eigenvalue weighted by Crippen LogP contribution is -2.49. The van der Waals surface area contributed by atoms with Crippen LogP contribution < -0.4 is 4.74 Å². The maximum absolute atomic E-state index is 12.7. The Morgan fingerprint density at radius 1 is 1.32 bits per heavy atom. The van der Waals surface area contributed by atoms with Crippen molar-refractivity contribution in [3.8, 4) is 5.75 Å². The van der Waals surface area contributed by atoms with Gasteiger partial charge in [-0.2, -0.15) is 0 Å². The predicted octanol–water partition coefficient (Wildman–Crippen LogP) is 2.50. The van der Waals surface area contributed by atoms with Crippen LogP contribution >= 0.6 is 11.8 Å². The predicted molar refractivity (Wildman–Crippen MR) is 107 cm³/mol. The summed E-state index contributed by atoms with van der Waals surface area (Å²) in [7, 11) is 1.54. The highest BCUT2D eigenvalue weighted by Gasteiger charge is 2.38. The first-order valence-electron chi connectivity index (χ1n) is 9.34. The molecule has 3 amide bonds. The number of carbonyl (C=O) groups excluding carboxylic acids is 3. The maximum atomic E-state index is 12.7. The van der Waals surface area contributed by atoms with Gasteiger partial charge in [0.05, 0.1) is 12.0 Å². The summed E-state index contributed by atoms with van der Waals surface area (Å²) in [6, 6.07) is 7.18. The molecule has 2 heterocycles. The van der Waals surface area contributed by atoms with E-state index in [9.17, 15) is 19.5 Å². The number of hydrogen-bond acceptors (Lipinski definition) is 6. The quantitative estimate of drug-likeness (QED) is 0.733. The fourth-order valence-corrected chi connectivity index (χ4v) is 4.40. The van der Waals surface area contributed by atoms with Gasteiger partial charge in [-0.15, -0.1) is 0 Å². The number of thioether (sulfide) groups is 1. The van der Waals surface area contributed by atoms with Crippen molar-refractivity contribution in [2.24, 2.45) is 0 Å². The van der Waals surface area contributed by atoms with E-state index in [0.717, 1.165) is 35.9 Å². The molecule has 2 aliphatic heterocycles. The second-order valence-electron chi connectivity index (χ2n) is 6.76. The van der Waals surface area contributed by atoms with Crippen LogP contribution in [-0.4, -0.2) is 64.8 Å². The van der Waals surface area contributed by atoms with Crippen LogP contribution in [0.4, 0.5) is 4.79 Å². The second-order valence-corrected chi connectivity index (χ2v) is 7.75. The zero-order valence-corrected chi connectivity index (χ0v) is 16.6. The second kappa shape index (κ2) is 9.25. The summed E-state index contributed by atoms with van der Waals surface area (Å²) >= 11 is 0.828. The largest absolute Gasteiger partial charge is 0.496 e. The molecule has 28 heavy (non-hydrogen) atoms. The fraction of sp³-hybridized carbons (Fsp3) is 0.450. The smallest absolute Gasteiger partial charge is 0.294 e. The Balaban J connectivity index is 1.73. The number of hydrogen-bond donors (Lipinski definition) is 1. The number of para-hydroxylation sites is 1. The lowest BCUT2D eigenvalue weighted by molar-refractivity contribution is -0.139. The number of rotatable bonds is 6. The number of methoxy groups -OCH3 is 1. The molecule has 1 unspecified atom stereocenters. The lowest BCUT2D eigenvalue weighted by Gasteiger charge is -2.36. The monoisotopic (exact) mass is 404 g/mol. The number of imide groups is 1. The minimum atomic E-state index is -0.468. The molecule has 1 aromatic rings. The molecule has 2 saturated heterocycles. The van der Waals surface area contributed by atoms with Crippen molar-refractivity contribution in [1.82, 2.24) is 9.80 Å². The number of likely N-dealkylation sites (tertiary alicyclic amines) is 1. The molecule has 3 rings (SSSR count). The van der Waals surface area contributed by atoms with E-state index in [2.05, 4.69) is 0 Å². The molecule has 0 aromatic heterocycles. The number of aliphatic hydroxyl groups excluding tert-OH is 1. The minimum absolute atomic E-state index is 0.0116. The van der Waals surface area contributed by atoms with Gasteiger partial charge >= 0.3 is 0 Å². The van der Waals surface area contributed by atoms with E-state index < -0.39 is 11.1 Å². The molecule has 7 nitrogen and oxygen atoms in total. The molecule has 8 heteroatoms. The average Bonchev–Trinajstić information content (AvgIpc) is 2.96. The number of carbonyl (C=O) groups is 3. The highest BCUT2D eigenvalue weighted by atomic mass is 32.2. The van der Waals surface area contributed by atoms with Crippen LogP contribution in [0.3, 0.4) is 0 Å². The minimum Gasteiger partial charge on any atom is -0.496 e. The molecule has 1 atom stereocenters. The van der Waals surface area contributed by atoms with Crippen LogP contribution in [0.1, 0.15) is 31.2 Å². The molecule has 0 radical (unpaired) electrons. The zero-order valence-electron chi connectivity index (χ0n) is 15.8. The number of ether oxygens (including phenoxy) is 1. The van der Waals surface area contributed by atoms with Crippen molar-refractivity contribution in [2.75, 3.05) is 26.8 Å². The molecular formula is C20H24N2O5S. The van der Waals surface area contributed by atoms with Crippen LogP contribution in [0.15, 0.2) is 29.2 Å². The third-order valence-electron chi connectivity index (χ3n) is 5.00. The van der Waals surface area contributed by atoms with E-state index in [1.54, 1.807) is 30.2 Å². The standard InChI is InChI=1S/C20H24N2O5S/c1-27-16-8-3-2-6-14(16)12-17-19(25)22(20(26)28-17)13-18(24)21-10-5-4-7-15(21)9-11-23/h2-3,6,8,12,15,23H,4-5,7,9-11,13H2,1H3/b17-12-. The third kappa shape index (κ3) is 4.39. The Labute approximate surface area is 168 Å². The van der Waals surface area contributed by atoms with Gasteiger partial charge in [-0.3, -0.25) is 19.3 Å². The normalized spacial score (nSPS) is 21.5. The van der Waals surface area contributed by atoms with Gasteiger partial charge in [-0.25, -0.2) is 0 Å². The van der Waals surface area contributed by atoms with Crippen molar-refractivity contribution < 1.29 is 24.2 Å². The van der Waals surface area contributed by atoms with Crippen molar-refractivity contribution in [1.29, 1.82) is 0 Å². The topological polar surface area (TPSA) is 87.2 Å². The van der Waals surface area contributed by atoms with Gasteiger partial charge < -0.3 is 14.7 Å². The van der Waals surface area contributed by atoms with E-state index in [1.807, 2.05) is 12.1 Å². The molecule has 0 aliphatic carbocycles. The van der Waals surface area contributed by atoms with Gasteiger partial charge in [0, 0.05) is 24.8 Å². The summed E-state index contributed by atoms with van der Waals surface area (Å²) in [5, 5.41) is 8.78. The molecule has 0 bridgehead atoms. The van der Waals surface area contributed by atoms with Gasteiger partial charge in [0.25, 0.3) is 11.1 Å². The van der Waals surface area contributed by atoms with Crippen molar-refractivity contribution >= 4 is 34.9 Å². The van der Waals surface area contributed by atoms with Gasteiger partial charge in [0.2, 0.25) is 5.91 Å². The molecule has 2 fully saturated rings. The molecule has 0 saturated carbocycles. The first-order valence-corrected chi connectivity index (χ1v) is 10.2. The Hall–Kier alpha value is -2.32. The first kappa shape index (κ1) is 20.4. The molecule has 1 aromatic carbocycles. The molecule has 1 N–H and O–H groups in total. The SMILES string of the molecule is COc1ccccc1/C=C1\SC(=O)N(CC(=O)N2CCCCC2CCO)C1=O. The van der Waals surface area contributed by atoms with Gasteiger partial charge in [0.1, 0.15) is 12.3 Å². The molecule has 150 valence electrons. The Morgan fingerprint density at radius 2 is 2.11 bits per heavy atom. The highest BCUT2D eigenvalue weighted by Crippen LogP contribution is 2.34. The Kier molecular flexibility index (Phi) is 6.74. The van der Waals surface area contributed by atoms with Gasteiger partial charge in [-0.1, -0.05) is 18.2 Å². The van der Waals surface area contributed by atoms with Crippen LogP contribution in [0.2, 0.25) is 0 Å². The van der Waals surface area contributed by atoms with Crippen molar-refractivity contribution in [2.45, 2.75) is 31.7 Å². The third-order valence-corrected chi connectivity index (χ3v) is 5.91. The van der Waals surface area contributed by atoms with E-state index in [-0.39, 0.29) is 30.0 Å². The summed E-state index contributed by atoms with van der Waals surface area (Å²) in [5.41, 5.74) is 0.695.